The molecule has 0 spiro atoms. The minimum absolute atomic E-state index is 0.104. The molecule has 4 heteroatoms. The van der Waals surface area contributed by atoms with Gasteiger partial charge in [0.15, 0.2) is 0 Å². The standard InChI is InChI=1S/C18H19FN2O/c19-16-8-6-14(7-9-16)12-18(22)21-11-3-4-15(13-21)17-5-1-2-10-20-17/h1-2,5-10,15H,3-4,11-13H2. The van der Waals surface area contributed by atoms with Gasteiger partial charge in [-0.25, -0.2) is 4.39 Å². The molecule has 2 heterocycles. The van der Waals surface area contributed by atoms with Crippen LogP contribution in [0.5, 0.6) is 0 Å². The maximum atomic E-state index is 12.9. The highest BCUT2D eigenvalue weighted by Gasteiger charge is 2.25. The number of aromatic nitrogens is 1. The van der Waals surface area contributed by atoms with Crippen molar-refractivity contribution >= 4 is 5.91 Å². The van der Waals surface area contributed by atoms with E-state index in [1.165, 1.54) is 12.1 Å². The number of carbonyl (C=O) groups excluding carboxylic acids is 1. The monoisotopic (exact) mass is 298 g/mol. The number of carbonyl (C=O) groups is 1. The zero-order valence-electron chi connectivity index (χ0n) is 12.4. The second-order valence-electron chi connectivity index (χ2n) is 5.74. The first kappa shape index (κ1) is 14.7. The average molecular weight is 298 g/mol. The summed E-state index contributed by atoms with van der Waals surface area (Å²) < 4.78 is 12.9. The van der Waals surface area contributed by atoms with Crippen LogP contribution in [-0.2, 0) is 11.2 Å². The molecule has 22 heavy (non-hydrogen) atoms. The van der Waals surface area contributed by atoms with Crippen LogP contribution in [0.1, 0.15) is 30.0 Å². The van der Waals surface area contributed by atoms with Crippen molar-refractivity contribution in [2.45, 2.75) is 25.2 Å². The van der Waals surface area contributed by atoms with Gasteiger partial charge in [-0.1, -0.05) is 18.2 Å². The highest BCUT2D eigenvalue weighted by atomic mass is 19.1. The summed E-state index contributed by atoms with van der Waals surface area (Å²) >= 11 is 0. The molecule has 1 amide bonds. The van der Waals surface area contributed by atoms with Crippen LogP contribution in [0.25, 0.3) is 0 Å². The van der Waals surface area contributed by atoms with Gasteiger partial charge in [0.05, 0.1) is 6.42 Å². The molecule has 0 bridgehead atoms. The molecule has 1 aliphatic rings. The van der Waals surface area contributed by atoms with E-state index in [0.717, 1.165) is 37.2 Å². The van der Waals surface area contributed by atoms with Gasteiger partial charge in [-0.05, 0) is 42.7 Å². The number of pyridine rings is 1. The lowest BCUT2D eigenvalue weighted by molar-refractivity contribution is -0.131. The first-order valence-corrected chi connectivity index (χ1v) is 7.65. The molecule has 1 aliphatic heterocycles. The Kier molecular flexibility index (Phi) is 4.47. The average Bonchev–Trinajstić information content (AvgIpc) is 2.58. The molecule has 2 aromatic rings. The van der Waals surface area contributed by atoms with Crippen molar-refractivity contribution in [1.29, 1.82) is 0 Å². The van der Waals surface area contributed by atoms with Crippen LogP contribution >= 0.6 is 0 Å². The summed E-state index contributed by atoms with van der Waals surface area (Å²) in [5, 5.41) is 0. The van der Waals surface area contributed by atoms with Crippen molar-refractivity contribution in [2.75, 3.05) is 13.1 Å². The van der Waals surface area contributed by atoms with Gasteiger partial charge in [-0.2, -0.15) is 0 Å². The Morgan fingerprint density at radius 3 is 2.77 bits per heavy atom. The smallest absolute Gasteiger partial charge is 0.227 e. The number of halogens is 1. The van der Waals surface area contributed by atoms with E-state index < -0.39 is 0 Å². The second-order valence-corrected chi connectivity index (χ2v) is 5.74. The third-order valence-electron chi connectivity index (χ3n) is 4.15. The predicted molar refractivity (Wildman–Crippen MR) is 82.9 cm³/mol. The quantitative estimate of drug-likeness (QED) is 0.872. The van der Waals surface area contributed by atoms with E-state index in [9.17, 15) is 9.18 Å². The summed E-state index contributed by atoms with van der Waals surface area (Å²) in [6.45, 7) is 1.51. The fourth-order valence-corrected chi connectivity index (χ4v) is 2.95. The maximum Gasteiger partial charge on any atom is 0.227 e. The van der Waals surface area contributed by atoms with Crippen LogP contribution in [0.3, 0.4) is 0 Å². The summed E-state index contributed by atoms with van der Waals surface area (Å²) in [5.74, 6) is 0.142. The Labute approximate surface area is 129 Å². The number of hydrogen-bond donors (Lipinski definition) is 0. The SMILES string of the molecule is O=C(Cc1ccc(F)cc1)N1CCCC(c2ccccn2)C1. The molecule has 1 unspecified atom stereocenters. The number of likely N-dealkylation sites (tertiary alicyclic amines) is 1. The van der Waals surface area contributed by atoms with E-state index in [2.05, 4.69) is 4.98 Å². The maximum absolute atomic E-state index is 12.9. The van der Waals surface area contributed by atoms with Gasteiger partial charge in [0, 0.05) is 30.9 Å². The Bertz CT molecular complexity index is 627. The van der Waals surface area contributed by atoms with Crippen LogP contribution < -0.4 is 0 Å². The summed E-state index contributed by atoms with van der Waals surface area (Å²) in [6.07, 6.45) is 4.19. The van der Waals surface area contributed by atoms with Gasteiger partial charge in [0.1, 0.15) is 5.82 Å². The molecule has 0 N–H and O–H groups in total. The molecule has 0 saturated carbocycles. The van der Waals surface area contributed by atoms with Crippen molar-refractivity contribution in [2.24, 2.45) is 0 Å². The molecular weight excluding hydrogens is 279 g/mol. The first-order valence-electron chi connectivity index (χ1n) is 7.65. The van der Waals surface area contributed by atoms with E-state index in [-0.39, 0.29) is 11.7 Å². The molecule has 3 nitrogen and oxygen atoms in total. The third kappa shape index (κ3) is 3.50. The minimum Gasteiger partial charge on any atom is -0.342 e. The Balaban J connectivity index is 1.64. The zero-order chi connectivity index (χ0) is 15.4. The first-order chi connectivity index (χ1) is 10.7. The minimum atomic E-state index is -0.274. The zero-order valence-corrected chi connectivity index (χ0v) is 12.4. The Hall–Kier alpha value is -2.23. The molecule has 1 saturated heterocycles. The number of rotatable bonds is 3. The number of benzene rings is 1. The Morgan fingerprint density at radius 1 is 1.23 bits per heavy atom. The fraction of sp³-hybridized carbons (Fsp3) is 0.333. The fourth-order valence-electron chi connectivity index (χ4n) is 2.95. The Morgan fingerprint density at radius 2 is 2.05 bits per heavy atom. The van der Waals surface area contributed by atoms with Gasteiger partial charge < -0.3 is 4.90 Å². The van der Waals surface area contributed by atoms with E-state index in [0.29, 0.717) is 12.3 Å². The van der Waals surface area contributed by atoms with Crippen LogP contribution in [0.15, 0.2) is 48.7 Å². The number of piperidine rings is 1. The van der Waals surface area contributed by atoms with Gasteiger partial charge in [-0.3, -0.25) is 9.78 Å². The van der Waals surface area contributed by atoms with Crippen molar-refractivity contribution in [3.8, 4) is 0 Å². The molecule has 3 rings (SSSR count). The van der Waals surface area contributed by atoms with Crippen LogP contribution in [-0.4, -0.2) is 28.9 Å². The van der Waals surface area contributed by atoms with Crippen molar-refractivity contribution < 1.29 is 9.18 Å². The highest BCUT2D eigenvalue weighted by molar-refractivity contribution is 5.79. The van der Waals surface area contributed by atoms with Crippen molar-refractivity contribution in [1.82, 2.24) is 9.88 Å². The normalized spacial score (nSPS) is 18.2. The predicted octanol–water partition coefficient (Wildman–Crippen LogP) is 3.17. The topological polar surface area (TPSA) is 33.2 Å². The van der Waals surface area contributed by atoms with Crippen molar-refractivity contribution in [3.05, 3.63) is 65.7 Å². The van der Waals surface area contributed by atoms with E-state index in [4.69, 9.17) is 0 Å². The summed E-state index contributed by atoms with van der Waals surface area (Å²) in [5.41, 5.74) is 1.91. The van der Waals surface area contributed by atoms with Gasteiger partial charge >= 0.3 is 0 Å². The molecule has 0 aliphatic carbocycles. The van der Waals surface area contributed by atoms with Gasteiger partial charge in [-0.15, -0.1) is 0 Å². The molecule has 1 atom stereocenters. The number of nitrogens with zero attached hydrogens (tertiary/aromatic N) is 2. The molecule has 114 valence electrons. The lowest BCUT2D eigenvalue weighted by Crippen LogP contribution is -2.40. The molecule has 1 aromatic heterocycles. The van der Waals surface area contributed by atoms with Crippen LogP contribution in [0, 0.1) is 5.82 Å². The largest absolute Gasteiger partial charge is 0.342 e. The second kappa shape index (κ2) is 6.69. The number of hydrogen-bond acceptors (Lipinski definition) is 2. The van der Waals surface area contributed by atoms with Gasteiger partial charge in [0.25, 0.3) is 0 Å². The molecule has 0 radical (unpaired) electrons. The highest BCUT2D eigenvalue weighted by Crippen LogP contribution is 2.25. The van der Waals surface area contributed by atoms with Gasteiger partial charge in [0.2, 0.25) is 5.91 Å². The van der Waals surface area contributed by atoms with Crippen LogP contribution in [0.4, 0.5) is 4.39 Å². The molecular formula is C18H19FN2O. The third-order valence-corrected chi connectivity index (χ3v) is 4.15. The lowest BCUT2D eigenvalue weighted by Gasteiger charge is -2.32. The van der Waals surface area contributed by atoms with Crippen molar-refractivity contribution in [3.63, 3.8) is 0 Å². The van der Waals surface area contributed by atoms with Crippen LogP contribution in [0.2, 0.25) is 0 Å². The molecule has 1 fully saturated rings. The molecule has 1 aromatic carbocycles. The number of amides is 1. The summed E-state index contributed by atoms with van der Waals surface area (Å²) in [4.78, 5) is 18.8. The van der Waals surface area contributed by atoms with E-state index in [1.807, 2.05) is 23.1 Å². The van der Waals surface area contributed by atoms with E-state index in [1.54, 1.807) is 18.3 Å². The summed E-state index contributed by atoms with van der Waals surface area (Å²) in [7, 11) is 0. The van der Waals surface area contributed by atoms with E-state index >= 15 is 0 Å². The summed E-state index contributed by atoms with van der Waals surface area (Å²) in [6, 6.07) is 12.1. The lowest BCUT2D eigenvalue weighted by atomic mass is 9.94.